The molecule has 2 fully saturated rings. The molecule has 0 aliphatic carbocycles. The van der Waals surface area contributed by atoms with Crippen molar-refractivity contribution < 1.29 is 19.1 Å². The van der Waals surface area contributed by atoms with E-state index in [-0.39, 0.29) is 17.2 Å². The van der Waals surface area contributed by atoms with Gasteiger partial charge in [0, 0.05) is 51.3 Å². The Hall–Kier alpha value is -1.93. The quantitative estimate of drug-likeness (QED) is 0.687. The van der Waals surface area contributed by atoms with Crippen molar-refractivity contribution in [2.24, 2.45) is 0 Å². The van der Waals surface area contributed by atoms with Gasteiger partial charge in [0.25, 0.3) is 0 Å². The topological polar surface area (TPSA) is 62.3 Å². The van der Waals surface area contributed by atoms with E-state index in [0.29, 0.717) is 18.7 Å². The summed E-state index contributed by atoms with van der Waals surface area (Å²) in [6.07, 6.45) is 0.559. The molecule has 154 valence electrons. The number of hydrogen-bond acceptors (Lipinski definition) is 6. The smallest absolute Gasteiger partial charge is 0.233 e. The largest absolute Gasteiger partial charge is 0.497 e. The van der Waals surface area contributed by atoms with E-state index < -0.39 is 0 Å². The molecule has 7 nitrogen and oxygen atoms in total. The molecule has 3 rings (SSSR count). The molecule has 28 heavy (non-hydrogen) atoms. The zero-order chi connectivity index (χ0) is 20.1. The van der Waals surface area contributed by atoms with Gasteiger partial charge in [-0.2, -0.15) is 0 Å². The maximum Gasteiger partial charge on any atom is 0.233 e. The van der Waals surface area contributed by atoms with Crippen LogP contribution in [-0.2, 0) is 9.59 Å². The van der Waals surface area contributed by atoms with Crippen LogP contribution in [0, 0.1) is 0 Å². The maximum absolute atomic E-state index is 12.5. The van der Waals surface area contributed by atoms with E-state index in [1.165, 1.54) is 0 Å². The van der Waals surface area contributed by atoms with E-state index in [0.717, 1.165) is 49.8 Å². The molecule has 0 saturated carbocycles. The van der Waals surface area contributed by atoms with Crippen LogP contribution in [-0.4, -0.2) is 85.8 Å². The molecule has 1 atom stereocenters. The molecule has 2 aliphatic heterocycles. The molecule has 0 spiro atoms. The van der Waals surface area contributed by atoms with Crippen LogP contribution >= 0.6 is 11.8 Å². The summed E-state index contributed by atoms with van der Waals surface area (Å²) in [5.74, 6) is 2.37. The van der Waals surface area contributed by atoms with Crippen molar-refractivity contribution in [2.45, 2.75) is 18.7 Å². The summed E-state index contributed by atoms with van der Waals surface area (Å²) >= 11 is 1.62. The number of piperazine rings is 1. The molecule has 0 unspecified atom stereocenters. The predicted molar refractivity (Wildman–Crippen MR) is 110 cm³/mol. The summed E-state index contributed by atoms with van der Waals surface area (Å²) in [4.78, 5) is 30.5. The number of ether oxygens (including phenoxy) is 2. The van der Waals surface area contributed by atoms with Crippen molar-refractivity contribution >= 4 is 23.6 Å². The number of thioether (sulfide) groups is 1. The van der Waals surface area contributed by atoms with Crippen molar-refractivity contribution in [1.29, 1.82) is 0 Å². The van der Waals surface area contributed by atoms with Gasteiger partial charge in [-0.1, -0.05) is 6.92 Å². The van der Waals surface area contributed by atoms with Gasteiger partial charge in [-0.3, -0.25) is 14.5 Å². The van der Waals surface area contributed by atoms with Gasteiger partial charge in [0.1, 0.15) is 16.9 Å². The summed E-state index contributed by atoms with van der Waals surface area (Å²) in [6, 6.07) is 5.71. The average Bonchev–Trinajstić information content (AvgIpc) is 3.11. The Balaban J connectivity index is 1.63. The standard InChI is InChI=1S/C20H29N3O4S/c1-4-18(24)22-10-7-21(8-11-22)9-12-23-19(25)14-28-20(23)16-13-15(26-2)5-6-17(16)27-3/h5-6,13,20H,4,7-12,14H2,1-3H3/t20-/m0/s1. The predicted octanol–water partition coefficient (Wildman–Crippen LogP) is 1.83. The van der Waals surface area contributed by atoms with Crippen LogP contribution < -0.4 is 9.47 Å². The highest BCUT2D eigenvalue weighted by molar-refractivity contribution is 8.00. The van der Waals surface area contributed by atoms with Gasteiger partial charge in [-0.05, 0) is 18.2 Å². The number of nitrogens with zero attached hydrogens (tertiary/aromatic N) is 3. The van der Waals surface area contributed by atoms with E-state index in [4.69, 9.17) is 9.47 Å². The van der Waals surface area contributed by atoms with Crippen molar-refractivity contribution in [3.05, 3.63) is 23.8 Å². The monoisotopic (exact) mass is 407 g/mol. The normalized spacial score (nSPS) is 20.5. The molecule has 8 heteroatoms. The zero-order valence-corrected chi connectivity index (χ0v) is 17.7. The molecule has 0 aromatic heterocycles. The highest BCUT2D eigenvalue weighted by atomic mass is 32.2. The Morgan fingerprint density at radius 1 is 1.14 bits per heavy atom. The third-order valence-corrected chi connectivity index (χ3v) is 6.59. The number of rotatable bonds is 7. The number of carbonyl (C=O) groups excluding carboxylic acids is 2. The number of benzene rings is 1. The first-order valence-corrected chi connectivity index (χ1v) is 10.7. The van der Waals surface area contributed by atoms with Crippen LogP contribution in [0.3, 0.4) is 0 Å². The molecular formula is C20H29N3O4S. The Bertz CT molecular complexity index is 707. The van der Waals surface area contributed by atoms with Crippen molar-refractivity contribution in [2.75, 3.05) is 59.2 Å². The van der Waals surface area contributed by atoms with Gasteiger partial charge < -0.3 is 19.3 Å². The highest BCUT2D eigenvalue weighted by Gasteiger charge is 2.35. The first-order valence-electron chi connectivity index (χ1n) is 9.70. The lowest BCUT2D eigenvalue weighted by molar-refractivity contribution is -0.132. The van der Waals surface area contributed by atoms with E-state index >= 15 is 0 Å². The molecule has 0 bridgehead atoms. The summed E-state index contributed by atoms with van der Waals surface area (Å²) in [7, 11) is 3.29. The number of carbonyl (C=O) groups is 2. The van der Waals surface area contributed by atoms with Crippen LogP contribution in [0.2, 0.25) is 0 Å². The van der Waals surface area contributed by atoms with E-state index in [1.807, 2.05) is 34.9 Å². The van der Waals surface area contributed by atoms with Crippen molar-refractivity contribution in [3.8, 4) is 11.5 Å². The Labute approximate surface area is 170 Å². The fourth-order valence-electron chi connectivity index (χ4n) is 3.68. The third-order valence-electron chi connectivity index (χ3n) is 5.36. The van der Waals surface area contributed by atoms with Crippen molar-refractivity contribution in [1.82, 2.24) is 14.7 Å². The summed E-state index contributed by atoms with van der Waals surface area (Å²) in [5, 5.41) is -0.0690. The van der Waals surface area contributed by atoms with Gasteiger partial charge in [0.2, 0.25) is 11.8 Å². The second-order valence-electron chi connectivity index (χ2n) is 6.93. The zero-order valence-electron chi connectivity index (χ0n) is 16.8. The molecule has 2 heterocycles. The van der Waals surface area contributed by atoms with Crippen LogP contribution in [0.25, 0.3) is 0 Å². The molecule has 1 aromatic carbocycles. The Kier molecular flexibility index (Phi) is 7.07. The van der Waals surface area contributed by atoms with Crippen LogP contribution in [0.1, 0.15) is 24.3 Å². The molecule has 2 amide bonds. The molecule has 1 aromatic rings. The van der Waals surface area contributed by atoms with E-state index in [1.54, 1.807) is 26.0 Å². The molecule has 2 aliphatic rings. The van der Waals surface area contributed by atoms with Crippen molar-refractivity contribution in [3.63, 3.8) is 0 Å². The highest BCUT2D eigenvalue weighted by Crippen LogP contribution is 2.43. The van der Waals surface area contributed by atoms with Gasteiger partial charge in [-0.25, -0.2) is 0 Å². The van der Waals surface area contributed by atoms with Gasteiger partial charge >= 0.3 is 0 Å². The maximum atomic E-state index is 12.5. The molecule has 2 saturated heterocycles. The lowest BCUT2D eigenvalue weighted by Gasteiger charge is -2.36. The minimum Gasteiger partial charge on any atom is -0.497 e. The number of hydrogen-bond donors (Lipinski definition) is 0. The van der Waals surface area contributed by atoms with Gasteiger partial charge in [-0.15, -0.1) is 11.8 Å². The fourth-order valence-corrected chi connectivity index (χ4v) is 4.91. The third kappa shape index (κ3) is 4.55. The minimum absolute atomic E-state index is 0.0690. The molecule has 0 radical (unpaired) electrons. The summed E-state index contributed by atoms with van der Waals surface area (Å²) in [6.45, 7) is 6.62. The first-order chi connectivity index (χ1) is 13.6. The SMILES string of the molecule is CCC(=O)N1CCN(CCN2C(=O)CS[C@H]2c2cc(OC)ccc2OC)CC1. The first kappa shape index (κ1) is 20.8. The second-order valence-corrected chi connectivity index (χ2v) is 8.00. The van der Waals surface area contributed by atoms with Gasteiger partial charge in [0.05, 0.1) is 20.0 Å². The Morgan fingerprint density at radius 3 is 2.54 bits per heavy atom. The van der Waals surface area contributed by atoms with E-state index in [2.05, 4.69) is 4.90 Å². The summed E-state index contributed by atoms with van der Waals surface area (Å²) < 4.78 is 10.9. The minimum atomic E-state index is -0.0690. The lowest BCUT2D eigenvalue weighted by atomic mass is 10.1. The number of amides is 2. The van der Waals surface area contributed by atoms with Crippen LogP contribution in [0.15, 0.2) is 18.2 Å². The van der Waals surface area contributed by atoms with Crippen LogP contribution in [0.5, 0.6) is 11.5 Å². The van der Waals surface area contributed by atoms with Gasteiger partial charge in [0.15, 0.2) is 0 Å². The molecule has 0 N–H and O–H groups in total. The molecular weight excluding hydrogens is 378 g/mol. The van der Waals surface area contributed by atoms with Crippen LogP contribution in [0.4, 0.5) is 0 Å². The Morgan fingerprint density at radius 2 is 1.89 bits per heavy atom. The lowest BCUT2D eigenvalue weighted by Crippen LogP contribution is -2.50. The fraction of sp³-hybridized carbons (Fsp3) is 0.600. The van der Waals surface area contributed by atoms with E-state index in [9.17, 15) is 9.59 Å². The second kappa shape index (κ2) is 9.52. The average molecular weight is 408 g/mol. The summed E-state index contributed by atoms with van der Waals surface area (Å²) in [5.41, 5.74) is 0.969. The number of methoxy groups -OCH3 is 2.